The van der Waals surface area contributed by atoms with E-state index in [-0.39, 0.29) is 6.10 Å². The van der Waals surface area contributed by atoms with Crippen LogP contribution in [0.2, 0.25) is 0 Å². The smallest absolute Gasteiger partial charge is 0.181 e. The molecule has 6 heteroatoms. The quantitative estimate of drug-likeness (QED) is 0.598. The molecule has 5 nitrogen and oxygen atoms in total. The number of anilines is 1. The third-order valence-electron chi connectivity index (χ3n) is 6.99. The van der Waals surface area contributed by atoms with Crippen LogP contribution in [0.3, 0.4) is 0 Å². The van der Waals surface area contributed by atoms with Gasteiger partial charge in [-0.1, -0.05) is 39.0 Å². The van der Waals surface area contributed by atoms with Crippen molar-refractivity contribution in [1.29, 1.82) is 0 Å². The second-order valence-corrected chi connectivity index (χ2v) is 10.3. The summed E-state index contributed by atoms with van der Waals surface area (Å²) >= 11 is 1.88. The van der Waals surface area contributed by atoms with Gasteiger partial charge in [-0.2, -0.15) is 16.9 Å². The zero-order valence-corrected chi connectivity index (χ0v) is 20.0. The Morgan fingerprint density at radius 3 is 2.45 bits per heavy atom. The number of thioether (sulfide) groups is 1. The number of aliphatic hydroxyl groups is 1. The van der Waals surface area contributed by atoms with Crippen LogP contribution < -0.4 is 4.90 Å². The Bertz CT molecular complexity index is 807. The number of aliphatic hydroxyl groups excluding tert-OH is 1. The molecule has 0 bridgehead atoms. The first-order valence-corrected chi connectivity index (χ1v) is 13.5. The van der Waals surface area contributed by atoms with Crippen LogP contribution in [0.4, 0.5) is 5.69 Å². The van der Waals surface area contributed by atoms with E-state index in [2.05, 4.69) is 47.0 Å². The number of nitrogens with zero attached hydrogens (tertiary/aromatic N) is 4. The molecule has 1 aromatic heterocycles. The molecule has 1 aliphatic carbocycles. The number of piperidine rings is 1. The first kappa shape index (κ1) is 22.7. The number of rotatable bonds is 8. The van der Waals surface area contributed by atoms with Crippen LogP contribution in [-0.2, 0) is 6.54 Å². The van der Waals surface area contributed by atoms with Crippen LogP contribution in [0.5, 0.6) is 0 Å². The molecule has 1 saturated carbocycles. The summed E-state index contributed by atoms with van der Waals surface area (Å²) in [5, 5.41) is 14.7. The van der Waals surface area contributed by atoms with Crippen molar-refractivity contribution in [1.82, 2.24) is 14.8 Å². The van der Waals surface area contributed by atoms with Gasteiger partial charge in [-0.05, 0) is 55.7 Å². The zero-order chi connectivity index (χ0) is 21.6. The van der Waals surface area contributed by atoms with Gasteiger partial charge in [-0.25, -0.2) is 9.67 Å². The number of hydrogen-bond donors (Lipinski definition) is 1. The number of benzene rings is 1. The third kappa shape index (κ3) is 5.83. The Morgan fingerprint density at radius 2 is 1.77 bits per heavy atom. The van der Waals surface area contributed by atoms with Crippen molar-refractivity contribution in [3.8, 4) is 11.4 Å². The molecule has 1 N–H and O–H groups in total. The van der Waals surface area contributed by atoms with Crippen LogP contribution in [-0.4, -0.2) is 51.1 Å². The fourth-order valence-electron chi connectivity index (χ4n) is 5.06. The van der Waals surface area contributed by atoms with Crippen LogP contribution in [0.1, 0.15) is 70.0 Å². The molecule has 2 fully saturated rings. The van der Waals surface area contributed by atoms with Gasteiger partial charge in [0, 0.05) is 42.6 Å². The van der Waals surface area contributed by atoms with Gasteiger partial charge in [0.25, 0.3) is 0 Å². The van der Waals surface area contributed by atoms with Crippen LogP contribution in [0.25, 0.3) is 11.4 Å². The SMILES string of the molecule is CSCC(C)c1nc(-c2ccc(N3CCC(O)CC3)cc2)nn1CCC1CCCCC1. The average molecular weight is 443 g/mol. The van der Waals surface area contributed by atoms with Gasteiger partial charge in [0.05, 0.1) is 6.10 Å². The lowest BCUT2D eigenvalue weighted by Gasteiger charge is -2.31. The summed E-state index contributed by atoms with van der Waals surface area (Å²) in [4.78, 5) is 7.37. The normalized spacial score (nSPS) is 19.6. The zero-order valence-electron chi connectivity index (χ0n) is 19.2. The van der Waals surface area contributed by atoms with Gasteiger partial charge in [0.2, 0.25) is 0 Å². The molecule has 2 aromatic rings. The Kier molecular flexibility index (Phi) is 7.94. The topological polar surface area (TPSA) is 54.2 Å². The van der Waals surface area contributed by atoms with Gasteiger partial charge >= 0.3 is 0 Å². The van der Waals surface area contributed by atoms with E-state index in [0.717, 1.165) is 61.4 Å². The Morgan fingerprint density at radius 1 is 1.06 bits per heavy atom. The molecule has 0 amide bonds. The minimum atomic E-state index is -0.140. The van der Waals surface area contributed by atoms with Crippen molar-refractivity contribution >= 4 is 17.4 Å². The molecule has 31 heavy (non-hydrogen) atoms. The third-order valence-corrected chi connectivity index (χ3v) is 7.82. The lowest BCUT2D eigenvalue weighted by atomic mass is 9.87. The fraction of sp³-hybridized carbons (Fsp3) is 0.680. The summed E-state index contributed by atoms with van der Waals surface area (Å²) in [5.41, 5.74) is 2.32. The first-order valence-electron chi connectivity index (χ1n) is 12.1. The predicted molar refractivity (Wildman–Crippen MR) is 131 cm³/mol. The molecular weight excluding hydrogens is 404 g/mol. The number of aryl methyl sites for hydroxylation is 1. The minimum absolute atomic E-state index is 0.140. The van der Waals surface area contributed by atoms with Crippen molar-refractivity contribution in [2.24, 2.45) is 5.92 Å². The maximum Gasteiger partial charge on any atom is 0.181 e. The highest BCUT2D eigenvalue weighted by Crippen LogP contribution is 2.29. The molecule has 2 aliphatic rings. The summed E-state index contributed by atoms with van der Waals surface area (Å²) in [6, 6.07) is 8.68. The Balaban J connectivity index is 1.49. The van der Waals surface area contributed by atoms with Gasteiger partial charge in [0.15, 0.2) is 5.82 Å². The highest BCUT2D eigenvalue weighted by molar-refractivity contribution is 7.98. The monoisotopic (exact) mass is 442 g/mol. The van der Waals surface area contributed by atoms with Crippen molar-refractivity contribution in [3.05, 3.63) is 30.1 Å². The molecule has 1 saturated heterocycles. The summed E-state index contributed by atoms with van der Waals surface area (Å²) in [6.45, 7) is 5.10. The van der Waals surface area contributed by atoms with Crippen LogP contribution in [0.15, 0.2) is 24.3 Å². The van der Waals surface area contributed by atoms with Crippen molar-refractivity contribution in [2.45, 2.75) is 76.9 Å². The summed E-state index contributed by atoms with van der Waals surface area (Å²) < 4.78 is 2.20. The highest BCUT2D eigenvalue weighted by Gasteiger charge is 2.21. The van der Waals surface area contributed by atoms with E-state index in [0.29, 0.717) is 5.92 Å². The predicted octanol–water partition coefficient (Wildman–Crippen LogP) is 5.34. The Hall–Kier alpha value is -1.53. The van der Waals surface area contributed by atoms with Gasteiger partial charge in [0.1, 0.15) is 5.82 Å². The lowest BCUT2D eigenvalue weighted by molar-refractivity contribution is 0.145. The van der Waals surface area contributed by atoms with E-state index in [4.69, 9.17) is 10.1 Å². The largest absolute Gasteiger partial charge is 0.393 e. The van der Waals surface area contributed by atoms with E-state index >= 15 is 0 Å². The second kappa shape index (κ2) is 10.9. The van der Waals surface area contributed by atoms with Gasteiger partial charge in [-0.15, -0.1) is 0 Å². The summed E-state index contributed by atoms with van der Waals surface area (Å²) in [6.07, 6.45) is 11.9. The molecule has 2 heterocycles. The van der Waals surface area contributed by atoms with E-state index in [1.54, 1.807) is 0 Å². The maximum atomic E-state index is 9.76. The minimum Gasteiger partial charge on any atom is -0.393 e. The molecule has 1 atom stereocenters. The molecule has 1 unspecified atom stereocenters. The van der Waals surface area contributed by atoms with E-state index in [1.165, 1.54) is 44.2 Å². The van der Waals surface area contributed by atoms with Crippen molar-refractivity contribution in [3.63, 3.8) is 0 Å². The Labute approximate surface area is 191 Å². The van der Waals surface area contributed by atoms with Gasteiger partial charge in [-0.3, -0.25) is 0 Å². The fourth-order valence-corrected chi connectivity index (χ4v) is 5.71. The molecule has 1 aromatic carbocycles. The van der Waals surface area contributed by atoms with Crippen molar-refractivity contribution < 1.29 is 5.11 Å². The average Bonchev–Trinajstić information content (AvgIpc) is 3.24. The molecule has 4 rings (SSSR count). The van der Waals surface area contributed by atoms with Crippen LogP contribution >= 0.6 is 11.8 Å². The summed E-state index contributed by atoms with van der Waals surface area (Å²) in [7, 11) is 0. The highest BCUT2D eigenvalue weighted by atomic mass is 32.2. The first-order chi connectivity index (χ1) is 15.1. The molecule has 0 spiro atoms. The van der Waals surface area contributed by atoms with E-state index < -0.39 is 0 Å². The van der Waals surface area contributed by atoms with Crippen molar-refractivity contribution in [2.75, 3.05) is 30.0 Å². The van der Waals surface area contributed by atoms with E-state index in [9.17, 15) is 5.11 Å². The van der Waals surface area contributed by atoms with E-state index in [1.807, 2.05) is 11.8 Å². The summed E-state index contributed by atoms with van der Waals surface area (Å²) in [5.74, 6) is 4.32. The number of hydrogen-bond acceptors (Lipinski definition) is 5. The molecule has 0 radical (unpaired) electrons. The maximum absolute atomic E-state index is 9.76. The second-order valence-electron chi connectivity index (χ2n) is 9.43. The molecule has 1 aliphatic heterocycles. The lowest BCUT2D eigenvalue weighted by Crippen LogP contribution is -2.35. The number of aromatic nitrogens is 3. The van der Waals surface area contributed by atoms with Gasteiger partial charge < -0.3 is 10.0 Å². The molecular formula is C25H38N4OS. The van der Waals surface area contributed by atoms with Crippen LogP contribution in [0, 0.1) is 5.92 Å². The standard InChI is InChI=1S/C25H38N4OS/c1-19(18-31-2)25-26-24(27-29(25)17-12-20-6-4-3-5-7-20)21-8-10-22(11-9-21)28-15-13-23(30)14-16-28/h8-11,19-20,23,30H,3-7,12-18H2,1-2H3. The molecule has 170 valence electrons.